The van der Waals surface area contributed by atoms with Gasteiger partial charge in [-0.15, -0.1) is 0 Å². The van der Waals surface area contributed by atoms with Gasteiger partial charge in [-0.05, 0) is 25.0 Å². The Labute approximate surface area is 148 Å². The van der Waals surface area contributed by atoms with Crippen molar-refractivity contribution in [1.29, 1.82) is 0 Å². The molecule has 0 amide bonds. The van der Waals surface area contributed by atoms with Gasteiger partial charge >= 0.3 is 0 Å². The molecule has 2 rings (SSSR count). The second-order valence-electron chi connectivity index (χ2n) is 5.87. The monoisotopic (exact) mass is 373 g/mol. The average molecular weight is 374 g/mol. The Morgan fingerprint density at radius 1 is 1.54 bits per heavy atom. The standard InChI is InChI=1S/C15H24ClN5O2S/c1-17-15(19-8-4-10-24(2,22)23)20-12-6-9-21(11-12)14-13(16)5-3-7-18-14/h3,5,7,12H,4,6,8-11H2,1-2H3,(H2,17,19,20). The number of hydrogen-bond acceptors (Lipinski definition) is 5. The SMILES string of the molecule is CN=C(NCCCS(C)(=O)=O)NC1CCN(c2ncccc2Cl)C1. The van der Waals surface area contributed by atoms with Crippen molar-refractivity contribution in [3.8, 4) is 0 Å². The fraction of sp³-hybridized carbons (Fsp3) is 0.600. The zero-order chi connectivity index (χ0) is 17.6. The lowest BCUT2D eigenvalue weighted by Crippen LogP contribution is -2.45. The molecule has 24 heavy (non-hydrogen) atoms. The maximum absolute atomic E-state index is 11.1. The summed E-state index contributed by atoms with van der Waals surface area (Å²) in [6, 6.07) is 3.90. The number of guanidine groups is 1. The van der Waals surface area contributed by atoms with E-state index < -0.39 is 9.84 Å². The zero-order valence-electron chi connectivity index (χ0n) is 14.0. The summed E-state index contributed by atoms with van der Waals surface area (Å²) >= 11 is 6.20. The number of halogens is 1. The van der Waals surface area contributed by atoms with Gasteiger partial charge in [-0.3, -0.25) is 4.99 Å². The highest BCUT2D eigenvalue weighted by atomic mass is 35.5. The Bertz CT molecular complexity index is 680. The van der Waals surface area contributed by atoms with E-state index in [9.17, 15) is 8.42 Å². The second kappa shape index (κ2) is 8.53. The number of sulfone groups is 1. The largest absolute Gasteiger partial charge is 0.356 e. The zero-order valence-corrected chi connectivity index (χ0v) is 15.6. The van der Waals surface area contributed by atoms with E-state index in [4.69, 9.17) is 11.6 Å². The molecule has 0 bridgehead atoms. The summed E-state index contributed by atoms with van der Waals surface area (Å²) in [4.78, 5) is 10.7. The Hall–Kier alpha value is -1.54. The molecule has 134 valence electrons. The number of pyridine rings is 1. The number of nitrogens with zero attached hydrogens (tertiary/aromatic N) is 3. The number of aliphatic imine (C=N–C) groups is 1. The highest BCUT2D eigenvalue weighted by Gasteiger charge is 2.25. The summed E-state index contributed by atoms with van der Waals surface area (Å²) in [6.45, 7) is 2.23. The number of aromatic nitrogens is 1. The van der Waals surface area contributed by atoms with Crippen molar-refractivity contribution in [3.63, 3.8) is 0 Å². The predicted octanol–water partition coefficient (Wildman–Crippen LogP) is 0.913. The molecule has 0 aliphatic carbocycles. The van der Waals surface area contributed by atoms with Crippen LogP contribution in [0, 0.1) is 0 Å². The molecular weight excluding hydrogens is 350 g/mol. The fourth-order valence-corrected chi connectivity index (χ4v) is 3.52. The van der Waals surface area contributed by atoms with Crippen molar-refractivity contribution in [2.24, 2.45) is 4.99 Å². The molecule has 9 heteroatoms. The lowest BCUT2D eigenvalue weighted by molar-refractivity contribution is 0.597. The topological polar surface area (TPSA) is 86.7 Å². The minimum absolute atomic E-state index is 0.173. The van der Waals surface area contributed by atoms with Gasteiger partial charge in [-0.2, -0.15) is 0 Å². The molecule has 1 atom stereocenters. The summed E-state index contributed by atoms with van der Waals surface area (Å²) in [6.07, 6.45) is 4.50. The van der Waals surface area contributed by atoms with Gasteiger partial charge in [-0.1, -0.05) is 11.6 Å². The maximum atomic E-state index is 11.1. The third kappa shape index (κ3) is 5.83. The van der Waals surface area contributed by atoms with E-state index in [0.717, 1.165) is 25.3 Å². The first kappa shape index (κ1) is 18.8. The first-order valence-electron chi connectivity index (χ1n) is 7.89. The summed E-state index contributed by atoms with van der Waals surface area (Å²) < 4.78 is 22.3. The molecular formula is C15H24ClN5O2S. The van der Waals surface area contributed by atoms with E-state index in [0.29, 0.717) is 23.9 Å². The molecule has 7 nitrogen and oxygen atoms in total. The third-order valence-corrected chi connectivity index (χ3v) is 5.10. The molecule has 1 aliphatic rings. The Morgan fingerprint density at radius 3 is 3.00 bits per heavy atom. The molecule has 1 fully saturated rings. The smallest absolute Gasteiger partial charge is 0.191 e. The van der Waals surface area contributed by atoms with Crippen LogP contribution in [-0.4, -0.2) is 64.1 Å². The van der Waals surface area contributed by atoms with E-state index in [-0.39, 0.29) is 11.8 Å². The first-order chi connectivity index (χ1) is 11.4. The van der Waals surface area contributed by atoms with Crippen molar-refractivity contribution in [2.75, 3.05) is 43.6 Å². The number of hydrogen-bond donors (Lipinski definition) is 2. The second-order valence-corrected chi connectivity index (χ2v) is 8.53. The lowest BCUT2D eigenvalue weighted by Gasteiger charge is -2.20. The van der Waals surface area contributed by atoms with Gasteiger partial charge < -0.3 is 15.5 Å². The molecule has 0 aromatic carbocycles. The van der Waals surface area contributed by atoms with Gasteiger partial charge in [-0.25, -0.2) is 13.4 Å². The van der Waals surface area contributed by atoms with Gasteiger partial charge in [0.15, 0.2) is 5.96 Å². The Balaban J connectivity index is 1.80. The molecule has 0 spiro atoms. The molecule has 1 aromatic rings. The van der Waals surface area contributed by atoms with E-state index in [1.54, 1.807) is 13.2 Å². The Morgan fingerprint density at radius 2 is 2.33 bits per heavy atom. The molecule has 1 saturated heterocycles. The Kier molecular flexibility index (Phi) is 6.68. The minimum Gasteiger partial charge on any atom is -0.356 e. The lowest BCUT2D eigenvalue weighted by atomic mass is 10.3. The van der Waals surface area contributed by atoms with E-state index in [1.165, 1.54) is 6.26 Å². The van der Waals surface area contributed by atoms with Gasteiger partial charge in [0.25, 0.3) is 0 Å². The van der Waals surface area contributed by atoms with E-state index >= 15 is 0 Å². The molecule has 1 unspecified atom stereocenters. The number of rotatable bonds is 6. The van der Waals surface area contributed by atoms with Crippen LogP contribution in [0.5, 0.6) is 0 Å². The predicted molar refractivity (Wildman–Crippen MR) is 98.7 cm³/mol. The summed E-state index contributed by atoms with van der Waals surface area (Å²) in [5.41, 5.74) is 0. The molecule has 2 N–H and O–H groups in total. The minimum atomic E-state index is -2.92. The van der Waals surface area contributed by atoms with Crippen LogP contribution < -0.4 is 15.5 Å². The maximum Gasteiger partial charge on any atom is 0.191 e. The molecule has 1 aliphatic heterocycles. The van der Waals surface area contributed by atoms with Crippen LogP contribution in [0.2, 0.25) is 5.02 Å². The number of anilines is 1. The summed E-state index contributed by atoms with van der Waals surface area (Å²) in [5, 5.41) is 7.16. The molecule has 2 heterocycles. The highest BCUT2D eigenvalue weighted by molar-refractivity contribution is 7.90. The van der Waals surface area contributed by atoms with Crippen LogP contribution in [0.4, 0.5) is 5.82 Å². The van der Waals surface area contributed by atoms with Crippen LogP contribution in [0.25, 0.3) is 0 Å². The van der Waals surface area contributed by atoms with Crippen molar-refractivity contribution >= 4 is 33.2 Å². The van der Waals surface area contributed by atoms with Gasteiger partial charge in [0.1, 0.15) is 15.7 Å². The highest BCUT2D eigenvalue weighted by Crippen LogP contribution is 2.25. The van der Waals surface area contributed by atoms with Crippen molar-refractivity contribution in [2.45, 2.75) is 18.9 Å². The summed E-state index contributed by atoms with van der Waals surface area (Å²) in [5.74, 6) is 1.66. The average Bonchev–Trinajstić information content (AvgIpc) is 2.98. The third-order valence-electron chi connectivity index (χ3n) is 3.78. The van der Waals surface area contributed by atoms with Crippen LogP contribution in [0.15, 0.2) is 23.3 Å². The van der Waals surface area contributed by atoms with Crippen molar-refractivity contribution in [3.05, 3.63) is 23.4 Å². The van der Waals surface area contributed by atoms with Gasteiger partial charge in [0, 0.05) is 45.2 Å². The molecule has 1 aromatic heterocycles. The van der Waals surface area contributed by atoms with Crippen molar-refractivity contribution < 1.29 is 8.42 Å². The summed E-state index contributed by atoms with van der Waals surface area (Å²) in [7, 11) is -1.22. The normalized spacial score (nSPS) is 18.7. The van der Waals surface area contributed by atoms with Gasteiger partial charge in [0.2, 0.25) is 0 Å². The van der Waals surface area contributed by atoms with Crippen LogP contribution in [0.3, 0.4) is 0 Å². The molecule has 0 saturated carbocycles. The number of nitrogens with one attached hydrogen (secondary N) is 2. The van der Waals surface area contributed by atoms with Crippen LogP contribution in [0.1, 0.15) is 12.8 Å². The van der Waals surface area contributed by atoms with Crippen LogP contribution >= 0.6 is 11.6 Å². The fourth-order valence-electron chi connectivity index (χ4n) is 2.61. The van der Waals surface area contributed by atoms with E-state index in [2.05, 4.69) is 25.5 Å². The van der Waals surface area contributed by atoms with Gasteiger partial charge in [0.05, 0.1) is 10.8 Å². The van der Waals surface area contributed by atoms with Crippen LogP contribution in [-0.2, 0) is 9.84 Å². The molecule has 0 radical (unpaired) electrons. The van der Waals surface area contributed by atoms with E-state index in [1.807, 2.05) is 12.1 Å². The quantitative estimate of drug-likeness (QED) is 0.438. The van der Waals surface area contributed by atoms with Crippen molar-refractivity contribution in [1.82, 2.24) is 15.6 Å². The first-order valence-corrected chi connectivity index (χ1v) is 10.3.